The highest BCUT2D eigenvalue weighted by atomic mass is 32.2. The van der Waals surface area contributed by atoms with E-state index in [2.05, 4.69) is 29.5 Å². The number of nitrogens with one attached hydrogen (secondary N) is 2. The molecule has 1 aromatic heterocycles. The molecule has 0 amide bonds. The second kappa shape index (κ2) is 9.12. The lowest BCUT2D eigenvalue weighted by atomic mass is 10.1. The lowest BCUT2D eigenvalue weighted by Crippen LogP contribution is -2.37. The maximum atomic E-state index is 11.2. The lowest BCUT2D eigenvalue weighted by Gasteiger charge is -2.11. The van der Waals surface area contributed by atoms with Crippen molar-refractivity contribution in [3.05, 3.63) is 17.0 Å². The van der Waals surface area contributed by atoms with Gasteiger partial charge in [-0.2, -0.15) is 0 Å². The van der Waals surface area contributed by atoms with Gasteiger partial charge in [0.05, 0.1) is 6.54 Å². The van der Waals surface area contributed by atoms with E-state index in [0.717, 1.165) is 41.7 Å². The minimum absolute atomic E-state index is 0.174. The van der Waals surface area contributed by atoms with Crippen molar-refractivity contribution in [2.24, 2.45) is 16.0 Å². The minimum Gasteiger partial charge on any atom is -0.357 e. The summed E-state index contributed by atoms with van der Waals surface area (Å²) in [4.78, 5) is 5.33. The fourth-order valence-electron chi connectivity index (χ4n) is 1.81. The molecule has 0 radical (unpaired) electrons. The molecule has 0 spiro atoms. The van der Waals surface area contributed by atoms with Gasteiger partial charge in [-0.05, 0) is 37.8 Å². The summed E-state index contributed by atoms with van der Waals surface area (Å²) in [6, 6.07) is 3.27. The molecule has 0 unspecified atom stereocenters. The van der Waals surface area contributed by atoms with Crippen molar-refractivity contribution in [1.29, 1.82) is 0 Å². The number of nitrogens with two attached hydrogens (primary N) is 1. The molecular weight excluding hydrogens is 320 g/mol. The summed E-state index contributed by atoms with van der Waals surface area (Å²) >= 11 is 1.16. The summed E-state index contributed by atoms with van der Waals surface area (Å²) in [5.41, 5.74) is 0. The summed E-state index contributed by atoms with van der Waals surface area (Å²) in [5, 5.41) is 11.6. The quantitative estimate of drug-likeness (QED) is 0.380. The zero-order chi connectivity index (χ0) is 16.6. The van der Waals surface area contributed by atoms with Crippen LogP contribution in [0.4, 0.5) is 0 Å². The highest BCUT2D eigenvalue weighted by Gasteiger charge is 2.10. The first-order chi connectivity index (χ1) is 10.3. The first-order valence-corrected chi connectivity index (χ1v) is 9.83. The second-order valence-electron chi connectivity index (χ2n) is 5.42. The molecule has 0 bridgehead atoms. The normalized spacial score (nSPS) is 12.7. The predicted molar refractivity (Wildman–Crippen MR) is 92.6 cm³/mol. The molecule has 0 aliphatic carbocycles. The Morgan fingerprint density at radius 1 is 1.36 bits per heavy atom. The van der Waals surface area contributed by atoms with Crippen LogP contribution in [0.2, 0.25) is 0 Å². The molecule has 0 saturated heterocycles. The highest BCUT2D eigenvalue weighted by molar-refractivity contribution is 7.91. The van der Waals surface area contributed by atoms with Crippen LogP contribution >= 0.6 is 11.3 Å². The van der Waals surface area contributed by atoms with E-state index >= 15 is 0 Å². The molecule has 1 heterocycles. The summed E-state index contributed by atoms with van der Waals surface area (Å²) in [6.07, 6.45) is 2.27. The number of guanidine groups is 1. The molecule has 0 aliphatic heterocycles. The molecule has 6 nitrogen and oxygen atoms in total. The number of primary sulfonamides is 1. The van der Waals surface area contributed by atoms with E-state index in [1.807, 2.05) is 6.92 Å². The van der Waals surface area contributed by atoms with Crippen molar-refractivity contribution in [3.63, 3.8) is 0 Å². The van der Waals surface area contributed by atoms with Gasteiger partial charge in [-0.3, -0.25) is 0 Å². The number of sulfonamides is 1. The van der Waals surface area contributed by atoms with E-state index in [9.17, 15) is 8.42 Å². The first-order valence-electron chi connectivity index (χ1n) is 7.46. The van der Waals surface area contributed by atoms with Crippen LogP contribution in [0.1, 0.15) is 38.5 Å². The molecule has 0 saturated carbocycles. The van der Waals surface area contributed by atoms with Crippen molar-refractivity contribution in [3.8, 4) is 0 Å². The average molecular weight is 347 g/mol. The van der Waals surface area contributed by atoms with Crippen molar-refractivity contribution < 1.29 is 8.42 Å². The third kappa shape index (κ3) is 7.24. The number of aliphatic imine (C=N–C) groups is 1. The standard InChI is InChI=1S/C14H26N4O2S2/c1-4-16-14(17-9-5-6-11(2)3)18-10-12-7-8-13(21-12)22(15,19)20/h7-8,11H,4-6,9-10H2,1-3H3,(H2,15,19,20)(H2,16,17,18). The van der Waals surface area contributed by atoms with Crippen molar-refractivity contribution >= 4 is 27.3 Å². The molecule has 0 aromatic carbocycles. The highest BCUT2D eigenvalue weighted by Crippen LogP contribution is 2.20. The molecule has 0 atom stereocenters. The molecule has 1 aromatic rings. The summed E-state index contributed by atoms with van der Waals surface area (Å²) in [7, 11) is -3.62. The van der Waals surface area contributed by atoms with Crippen LogP contribution in [0.5, 0.6) is 0 Å². The minimum atomic E-state index is -3.62. The molecule has 0 aliphatic rings. The van der Waals surface area contributed by atoms with E-state index in [-0.39, 0.29) is 4.21 Å². The fraction of sp³-hybridized carbons (Fsp3) is 0.643. The molecule has 4 N–H and O–H groups in total. The van der Waals surface area contributed by atoms with Crippen LogP contribution in [-0.4, -0.2) is 27.5 Å². The van der Waals surface area contributed by atoms with Gasteiger partial charge in [-0.15, -0.1) is 11.3 Å². The third-order valence-electron chi connectivity index (χ3n) is 2.91. The van der Waals surface area contributed by atoms with Crippen molar-refractivity contribution in [1.82, 2.24) is 10.6 Å². The molecule has 22 heavy (non-hydrogen) atoms. The smallest absolute Gasteiger partial charge is 0.247 e. The third-order valence-corrected chi connectivity index (χ3v) is 5.41. The zero-order valence-electron chi connectivity index (χ0n) is 13.4. The Morgan fingerprint density at radius 2 is 2.09 bits per heavy atom. The monoisotopic (exact) mass is 346 g/mol. The number of nitrogens with zero attached hydrogens (tertiary/aromatic N) is 1. The van der Waals surface area contributed by atoms with Gasteiger partial charge >= 0.3 is 0 Å². The van der Waals surface area contributed by atoms with Crippen LogP contribution in [-0.2, 0) is 16.6 Å². The first kappa shape index (κ1) is 18.9. The van der Waals surface area contributed by atoms with Crippen LogP contribution < -0.4 is 15.8 Å². The van der Waals surface area contributed by atoms with Crippen molar-refractivity contribution in [2.75, 3.05) is 13.1 Å². The Kier molecular flexibility index (Phi) is 7.84. The largest absolute Gasteiger partial charge is 0.357 e. The van der Waals surface area contributed by atoms with Crippen LogP contribution in [0.25, 0.3) is 0 Å². The van der Waals surface area contributed by atoms with E-state index in [0.29, 0.717) is 12.5 Å². The number of hydrogen-bond acceptors (Lipinski definition) is 4. The SMILES string of the molecule is CCNC(=NCc1ccc(S(N)(=O)=O)s1)NCCCC(C)C. The van der Waals surface area contributed by atoms with Gasteiger partial charge in [0.25, 0.3) is 0 Å². The van der Waals surface area contributed by atoms with Gasteiger partial charge in [0, 0.05) is 18.0 Å². The van der Waals surface area contributed by atoms with Gasteiger partial charge in [0.1, 0.15) is 4.21 Å². The number of hydrogen-bond donors (Lipinski definition) is 3. The second-order valence-corrected chi connectivity index (χ2v) is 8.38. The zero-order valence-corrected chi connectivity index (χ0v) is 15.1. The van der Waals surface area contributed by atoms with E-state index < -0.39 is 10.0 Å². The fourth-order valence-corrected chi connectivity index (χ4v) is 3.52. The topological polar surface area (TPSA) is 96.6 Å². The van der Waals surface area contributed by atoms with E-state index in [4.69, 9.17) is 5.14 Å². The van der Waals surface area contributed by atoms with Crippen LogP contribution in [0, 0.1) is 5.92 Å². The molecular formula is C14H26N4O2S2. The maximum absolute atomic E-state index is 11.2. The van der Waals surface area contributed by atoms with Crippen molar-refractivity contribution in [2.45, 2.75) is 44.4 Å². The Hall–Kier alpha value is -1.12. The maximum Gasteiger partial charge on any atom is 0.247 e. The molecule has 126 valence electrons. The lowest BCUT2D eigenvalue weighted by molar-refractivity contribution is 0.549. The number of rotatable bonds is 8. The Bertz CT molecular complexity index is 579. The van der Waals surface area contributed by atoms with Crippen LogP contribution in [0.15, 0.2) is 21.3 Å². The Morgan fingerprint density at radius 3 is 2.64 bits per heavy atom. The van der Waals surface area contributed by atoms with Gasteiger partial charge < -0.3 is 10.6 Å². The van der Waals surface area contributed by atoms with E-state index in [1.54, 1.807) is 6.07 Å². The van der Waals surface area contributed by atoms with Gasteiger partial charge in [-0.25, -0.2) is 18.5 Å². The van der Waals surface area contributed by atoms with Crippen LogP contribution in [0.3, 0.4) is 0 Å². The number of thiophene rings is 1. The van der Waals surface area contributed by atoms with Gasteiger partial charge in [0.2, 0.25) is 10.0 Å². The molecule has 8 heteroatoms. The average Bonchev–Trinajstić information content (AvgIpc) is 2.89. The summed E-state index contributed by atoms with van der Waals surface area (Å²) in [5.74, 6) is 1.45. The Labute approximate surface area is 137 Å². The summed E-state index contributed by atoms with van der Waals surface area (Å²) in [6.45, 7) is 8.51. The van der Waals surface area contributed by atoms with Gasteiger partial charge in [0.15, 0.2) is 5.96 Å². The molecule has 0 fully saturated rings. The molecule has 1 rings (SSSR count). The van der Waals surface area contributed by atoms with E-state index in [1.165, 1.54) is 12.5 Å². The summed E-state index contributed by atoms with van der Waals surface area (Å²) < 4.78 is 22.7. The Balaban J connectivity index is 2.56. The predicted octanol–water partition coefficient (Wildman–Crippen LogP) is 1.89. The van der Waals surface area contributed by atoms with Gasteiger partial charge in [-0.1, -0.05) is 13.8 Å².